The number of rotatable bonds is 7. The van der Waals surface area contributed by atoms with Crippen molar-refractivity contribution in [2.24, 2.45) is 23.7 Å². The smallest absolute Gasteiger partial charge is 0.411 e. The molecule has 5 rings (SSSR count). The second-order valence-corrected chi connectivity index (χ2v) is 17.6. The maximum Gasteiger partial charge on any atom is 0.411 e. The molecule has 302 valence electrons. The van der Waals surface area contributed by atoms with Crippen LogP contribution in [-0.4, -0.2) is 141 Å². The van der Waals surface area contributed by atoms with E-state index in [1.54, 1.807) is 51.9 Å². The third-order valence-electron chi connectivity index (χ3n) is 12.2. The molecule has 1 aromatic heterocycles. The molecule has 0 spiro atoms. The summed E-state index contributed by atoms with van der Waals surface area (Å²) < 4.78 is 25.6. The Labute approximate surface area is 327 Å². The number of carbonyl (C=O) groups excluding carboxylic acids is 4. The van der Waals surface area contributed by atoms with Crippen LogP contribution in [0.25, 0.3) is 0 Å². The number of cyclic esters (lactones) is 1. The van der Waals surface area contributed by atoms with Gasteiger partial charge in [-0.3, -0.25) is 29.2 Å². The molecule has 2 N–H and O–H groups in total. The predicted octanol–water partition coefficient (Wildman–Crippen LogP) is 3.58. The number of aromatic nitrogens is 1. The van der Waals surface area contributed by atoms with E-state index in [1.165, 1.54) is 13.8 Å². The molecule has 14 nitrogen and oxygen atoms in total. The SMILES string of the molecule is CC[C@H]1OC(=O)[C@H](C)C(=O)[C@H](C)[C@@H](O[C@@H]2O[C@H](C)C[C@H](N(C)C)[C@H]2O)[C@](C)(O)C[C@@H](C)C(=O)[C@H](C)[C@H]2N(C3CN(Cc4ccncc4Br)C3)C(=O)O[C@]12C. The first-order valence-electron chi connectivity index (χ1n) is 19.2. The first-order valence-corrected chi connectivity index (χ1v) is 20.0. The van der Waals surface area contributed by atoms with E-state index in [-0.39, 0.29) is 36.8 Å². The van der Waals surface area contributed by atoms with Crippen LogP contribution < -0.4 is 0 Å². The number of ketones is 2. The van der Waals surface area contributed by atoms with E-state index in [2.05, 4.69) is 25.8 Å². The number of carbonyl (C=O) groups is 4. The van der Waals surface area contributed by atoms with Crippen LogP contribution in [0.5, 0.6) is 0 Å². The summed E-state index contributed by atoms with van der Waals surface area (Å²) in [6.07, 6.45) is -1.30. The molecule has 0 aliphatic carbocycles. The number of amides is 1. The zero-order valence-corrected chi connectivity index (χ0v) is 34.8. The van der Waals surface area contributed by atoms with Crippen LogP contribution in [0.4, 0.5) is 4.79 Å². The topological polar surface area (TPSA) is 168 Å². The largest absolute Gasteiger partial charge is 0.458 e. The van der Waals surface area contributed by atoms with Gasteiger partial charge in [-0.25, -0.2) is 4.79 Å². The number of hydrogen-bond donors (Lipinski definition) is 2. The first-order chi connectivity index (χ1) is 25.2. The van der Waals surface area contributed by atoms with Gasteiger partial charge in [0.2, 0.25) is 0 Å². The lowest BCUT2D eigenvalue weighted by Gasteiger charge is -2.48. The predicted molar refractivity (Wildman–Crippen MR) is 201 cm³/mol. The van der Waals surface area contributed by atoms with E-state index in [9.17, 15) is 29.4 Å². The summed E-state index contributed by atoms with van der Waals surface area (Å²) in [6, 6.07) is 0.516. The average molecular weight is 824 g/mol. The maximum absolute atomic E-state index is 14.6. The number of aliphatic hydroxyl groups excluding tert-OH is 1. The molecular weight excluding hydrogens is 764 g/mol. The van der Waals surface area contributed by atoms with Crippen LogP contribution in [0, 0.1) is 23.7 Å². The fourth-order valence-electron chi connectivity index (χ4n) is 9.23. The minimum absolute atomic E-state index is 0.111. The number of nitrogens with zero attached hydrogens (tertiary/aromatic N) is 4. The minimum Gasteiger partial charge on any atom is -0.458 e. The number of pyridine rings is 1. The van der Waals surface area contributed by atoms with Crippen molar-refractivity contribution in [3.63, 3.8) is 0 Å². The van der Waals surface area contributed by atoms with Gasteiger partial charge >= 0.3 is 12.1 Å². The number of fused-ring (bicyclic) bond motifs is 1. The molecule has 0 saturated carbocycles. The van der Waals surface area contributed by atoms with Crippen molar-refractivity contribution in [2.75, 3.05) is 27.2 Å². The van der Waals surface area contributed by atoms with E-state index in [0.717, 1.165) is 10.0 Å². The molecule has 15 heteroatoms. The van der Waals surface area contributed by atoms with Gasteiger partial charge < -0.3 is 34.1 Å². The lowest BCUT2D eigenvalue weighted by atomic mass is 9.73. The Morgan fingerprint density at radius 2 is 1.72 bits per heavy atom. The number of likely N-dealkylation sites (tertiary alicyclic amines) is 1. The summed E-state index contributed by atoms with van der Waals surface area (Å²) in [5, 5.41) is 23.6. The van der Waals surface area contributed by atoms with E-state index in [1.807, 2.05) is 32.0 Å². The Morgan fingerprint density at radius 3 is 2.33 bits per heavy atom. The number of esters is 1. The van der Waals surface area contributed by atoms with Crippen LogP contribution in [0.1, 0.15) is 80.2 Å². The molecule has 0 radical (unpaired) electrons. The lowest BCUT2D eigenvalue weighted by molar-refractivity contribution is -0.293. The second kappa shape index (κ2) is 16.5. The first kappa shape index (κ1) is 42.6. The number of Topliss-reactive ketones (excluding diaryl/α,β-unsaturated/α-hetero) is 2. The highest BCUT2D eigenvalue weighted by molar-refractivity contribution is 9.10. The monoisotopic (exact) mass is 822 g/mol. The zero-order valence-electron chi connectivity index (χ0n) is 33.2. The second-order valence-electron chi connectivity index (χ2n) is 16.7. The Morgan fingerprint density at radius 1 is 1.06 bits per heavy atom. The number of halogens is 1. The quantitative estimate of drug-likeness (QED) is 0.303. The Balaban J connectivity index is 1.48. The van der Waals surface area contributed by atoms with Gasteiger partial charge in [-0.05, 0) is 88.6 Å². The van der Waals surface area contributed by atoms with Gasteiger partial charge in [0.15, 0.2) is 17.7 Å². The third-order valence-corrected chi connectivity index (χ3v) is 12.9. The van der Waals surface area contributed by atoms with Crippen molar-refractivity contribution >= 4 is 39.6 Å². The van der Waals surface area contributed by atoms with Crippen LogP contribution in [0.3, 0.4) is 0 Å². The van der Waals surface area contributed by atoms with Gasteiger partial charge in [-0.15, -0.1) is 0 Å². The zero-order chi connectivity index (χ0) is 40.0. The molecule has 0 unspecified atom stereocenters. The molecule has 0 aromatic carbocycles. The molecule has 4 aliphatic rings. The van der Waals surface area contributed by atoms with Crippen LogP contribution >= 0.6 is 15.9 Å². The van der Waals surface area contributed by atoms with E-state index >= 15 is 0 Å². The normalized spacial score (nSPS) is 40.6. The molecule has 4 fully saturated rings. The van der Waals surface area contributed by atoms with E-state index < -0.39 is 83.4 Å². The highest BCUT2D eigenvalue weighted by atomic mass is 79.9. The van der Waals surface area contributed by atoms with Crippen LogP contribution in [-0.2, 0) is 39.9 Å². The van der Waals surface area contributed by atoms with Gasteiger partial charge in [-0.2, -0.15) is 0 Å². The fourth-order valence-corrected chi connectivity index (χ4v) is 9.61. The minimum atomic E-state index is -1.80. The highest BCUT2D eigenvalue weighted by Gasteiger charge is 2.62. The summed E-state index contributed by atoms with van der Waals surface area (Å²) in [7, 11) is 3.69. The summed E-state index contributed by atoms with van der Waals surface area (Å²) in [5.74, 6) is -5.50. The van der Waals surface area contributed by atoms with Crippen molar-refractivity contribution < 1.29 is 48.3 Å². The fraction of sp³-hybridized carbons (Fsp3) is 0.769. The molecule has 54 heavy (non-hydrogen) atoms. The van der Waals surface area contributed by atoms with Crippen molar-refractivity contribution in [3.05, 3.63) is 28.5 Å². The van der Waals surface area contributed by atoms with Crippen LogP contribution in [0.2, 0.25) is 0 Å². The number of ether oxygens (including phenoxy) is 4. The molecule has 4 saturated heterocycles. The Hall–Kier alpha value is -2.53. The number of likely N-dealkylation sites (N-methyl/N-ethyl adjacent to an activating group) is 1. The van der Waals surface area contributed by atoms with Crippen molar-refractivity contribution in [1.29, 1.82) is 0 Å². The summed E-state index contributed by atoms with van der Waals surface area (Å²) >= 11 is 3.55. The highest BCUT2D eigenvalue weighted by Crippen LogP contribution is 2.44. The number of aliphatic hydroxyl groups is 2. The van der Waals surface area contributed by atoms with Crippen LogP contribution in [0.15, 0.2) is 22.9 Å². The lowest BCUT2D eigenvalue weighted by Crippen LogP contribution is -2.65. The van der Waals surface area contributed by atoms with Crippen molar-refractivity contribution in [3.8, 4) is 0 Å². The molecule has 5 heterocycles. The van der Waals surface area contributed by atoms with Gasteiger partial charge in [0.1, 0.15) is 23.9 Å². The summed E-state index contributed by atoms with van der Waals surface area (Å²) in [5.41, 5.74) is -2.18. The van der Waals surface area contributed by atoms with Crippen molar-refractivity contribution in [2.45, 2.75) is 141 Å². The molecule has 1 aromatic rings. The van der Waals surface area contributed by atoms with Gasteiger partial charge in [0.05, 0.1) is 29.9 Å². The maximum atomic E-state index is 14.6. The Kier molecular flexibility index (Phi) is 13.0. The summed E-state index contributed by atoms with van der Waals surface area (Å²) in [6.45, 7) is 15.1. The van der Waals surface area contributed by atoms with Crippen molar-refractivity contribution in [1.82, 2.24) is 19.7 Å². The van der Waals surface area contributed by atoms with Gasteiger partial charge in [0.25, 0.3) is 0 Å². The van der Waals surface area contributed by atoms with E-state index in [4.69, 9.17) is 18.9 Å². The molecule has 0 bridgehead atoms. The standard InChI is InChI=1S/C39H59BrN4O10/c1-11-29-39(8)33(44(37(49)54-39)26-18-43(19-26)17-25-12-13-41-16-27(25)40)22(4)30(45)20(2)15-38(7,50)34(23(5)31(46)24(6)35(48)52-29)53-36-32(47)28(42(9)10)14-21(3)51-36/h12-13,16,20-24,26,28-29,32-34,36,47,50H,11,14-15,17-19H2,1-10H3/t20-,21-,22+,23+,24-,28+,29-,32-,33-,34-,36+,38-,39-/m1/s1. The number of hydrogen-bond acceptors (Lipinski definition) is 13. The average Bonchev–Trinajstić information content (AvgIpc) is 3.36. The van der Waals surface area contributed by atoms with Gasteiger partial charge in [-0.1, -0.05) is 27.7 Å². The van der Waals surface area contributed by atoms with Gasteiger partial charge in [0, 0.05) is 60.3 Å². The molecular formula is C39H59BrN4O10. The molecule has 13 atom stereocenters. The molecule has 1 amide bonds. The summed E-state index contributed by atoms with van der Waals surface area (Å²) in [4.78, 5) is 66.3. The van der Waals surface area contributed by atoms with E-state index in [0.29, 0.717) is 26.1 Å². The Bertz CT molecular complexity index is 1560. The third kappa shape index (κ3) is 8.28. The molecule has 4 aliphatic heterocycles.